The van der Waals surface area contributed by atoms with Crippen molar-refractivity contribution < 1.29 is 9.53 Å². The predicted molar refractivity (Wildman–Crippen MR) is 107 cm³/mol. The summed E-state index contributed by atoms with van der Waals surface area (Å²) in [6.07, 6.45) is 5.74. The first kappa shape index (κ1) is 18.5. The third-order valence-corrected chi connectivity index (χ3v) is 6.56. The molecule has 0 radical (unpaired) electrons. The molecule has 1 aliphatic carbocycles. The van der Waals surface area contributed by atoms with Crippen molar-refractivity contribution in [2.75, 3.05) is 13.1 Å². The molecule has 0 unspecified atom stereocenters. The van der Waals surface area contributed by atoms with Crippen molar-refractivity contribution >= 4 is 27.6 Å². The Kier molecular flexibility index (Phi) is 4.74. The Bertz CT molecular complexity index is 917. The number of hydrogen-bond donors (Lipinski definition) is 1. The van der Waals surface area contributed by atoms with Gasteiger partial charge in [0.05, 0.1) is 5.39 Å². The third kappa shape index (κ3) is 3.74. The van der Waals surface area contributed by atoms with E-state index in [2.05, 4.69) is 4.98 Å². The van der Waals surface area contributed by atoms with Crippen LogP contribution in [-0.4, -0.2) is 39.7 Å². The minimum absolute atomic E-state index is 0.00368. The van der Waals surface area contributed by atoms with Gasteiger partial charge in [0.15, 0.2) is 0 Å². The van der Waals surface area contributed by atoms with Crippen molar-refractivity contribution in [1.82, 2.24) is 14.9 Å². The zero-order valence-corrected chi connectivity index (χ0v) is 17.1. The number of amides is 1. The quantitative estimate of drug-likeness (QED) is 0.800. The van der Waals surface area contributed by atoms with E-state index in [1.165, 1.54) is 16.9 Å². The molecular weight excluding hydrogens is 362 g/mol. The second-order valence-corrected chi connectivity index (χ2v) is 9.67. The van der Waals surface area contributed by atoms with Gasteiger partial charge in [-0.25, -0.2) is 9.78 Å². The third-order valence-electron chi connectivity index (χ3n) is 5.38. The number of nitrogens with one attached hydrogen (secondary N) is 1. The summed E-state index contributed by atoms with van der Waals surface area (Å²) in [6, 6.07) is 0. The maximum absolute atomic E-state index is 12.7. The van der Waals surface area contributed by atoms with Crippen LogP contribution in [0.1, 0.15) is 68.6 Å². The molecule has 1 fully saturated rings. The molecule has 2 aromatic rings. The molecule has 0 spiro atoms. The number of carbonyl (C=O) groups is 1. The zero-order chi connectivity index (χ0) is 19.2. The van der Waals surface area contributed by atoms with E-state index in [9.17, 15) is 9.59 Å². The summed E-state index contributed by atoms with van der Waals surface area (Å²) in [7, 11) is 0. The Labute approximate surface area is 162 Å². The highest BCUT2D eigenvalue weighted by atomic mass is 32.1. The monoisotopic (exact) mass is 389 g/mol. The summed E-state index contributed by atoms with van der Waals surface area (Å²) in [4.78, 5) is 36.8. The molecule has 0 atom stereocenters. The van der Waals surface area contributed by atoms with Gasteiger partial charge in [0, 0.05) is 23.9 Å². The first-order valence-corrected chi connectivity index (χ1v) is 10.7. The second kappa shape index (κ2) is 6.93. The molecule has 3 heterocycles. The largest absolute Gasteiger partial charge is 0.444 e. The van der Waals surface area contributed by atoms with Crippen molar-refractivity contribution in [2.45, 2.75) is 70.8 Å². The van der Waals surface area contributed by atoms with Gasteiger partial charge in [0.2, 0.25) is 0 Å². The van der Waals surface area contributed by atoms with E-state index >= 15 is 0 Å². The fraction of sp³-hybridized carbons (Fsp3) is 0.650. The van der Waals surface area contributed by atoms with Crippen molar-refractivity contribution in [1.29, 1.82) is 0 Å². The lowest BCUT2D eigenvalue weighted by Crippen LogP contribution is -2.41. The SMILES string of the molecule is CC(C)(C)OC(=O)N1CCC(c2nc3sc4c(c3c(=O)[nH]2)CCCC4)CC1. The van der Waals surface area contributed by atoms with Gasteiger partial charge in [-0.3, -0.25) is 4.79 Å². The Balaban J connectivity index is 1.51. The number of piperidine rings is 1. The van der Waals surface area contributed by atoms with Crippen LogP contribution >= 0.6 is 11.3 Å². The number of carbonyl (C=O) groups excluding carboxylic acids is 1. The summed E-state index contributed by atoms with van der Waals surface area (Å²) in [5.74, 6) is 0.954. The smallest absolute Gasteiger partial charge is 0.410 e. The molecule has 2 aliphatic rings. The van der Waals surface area contributed by atoms with E-state index in [1.807, 2.05) is 20.8 Å². The average molecular weight is 390 g/mol. The predicted octanol–water partition coefficient (Wildman–Crippen LogP) is 3.98. The van der Waals surface area contributed by atoms with Crippen LogP contribution in [0, 0.1) is 0 Å². The molecule has 1 saturated heterocycles. The van der Waals surface area contributed by atoms with E-state index in [0.29, 0.717) is 13.1 Å². The van der Waals surface area contributed by atoms with Gasteiger partial charge >= 0.3 is 6.09 Å². The molecular formula is C20H27N3O3S. The van der Waals surface area contributed by atoms with Gasteiger partial charge in [-0.1, -0.05) is 0 Å². The molecule has 7 heteroatoms. The van der Waals surface area contributed by atoms with Gasteiger partial charge in [-0.2, -0.15) is 0 Å². The normalized spacial score (nSPS) is 18.6. The molecule has 1 aliphatic heterocycles. The molecule has 2 aromatic heterocycles. The fourth-order valence-electron chi connectivity index (χ4n) is 4.04. The minimum atomic E-state index is -0.482. The zero-order valence-electron chi connectivity index (χ0n) is 16.3. The lowest BCUT2D eigenvalue weighted by atomic mass is 9.95. The molecule has 0 aromatic carbocycles. The number of ether oxygens (including phenoxy) is 1. The van der Waals surface area contributed by atoms with Crippen LogP contribution in [0.3, 0.4) is 0 Å². The van der Waals surface area contributed by atoms with Gasteiger partial charge in [-0.15, -0.1) is 11.3 Å². The highest BCUT2D eigenvalue weighted by Crippen LogP contribution is 2.35. The summed E-state index contributed by atoms with van der Waals surface area (Å²) < 4.78 is 5.46. The van der Waals surface area contributed by atoms with E-state index in [1.54, 1.807) is 16.2 Å². The van der Waals surface area contributed by atoms with Crippen LogP contribution in [0.15, 0.2) is 4.79 Å². The maximum atomic E-state index is 12.7. The van der Waals surface area contributed by atoms with Crippen molar-refractivity contribution in [2.24, 2.45) is 0 Å². The lowest BCUT2D eigenvalue weighted by molar-refractivity contribution is 0.0203. The Morgan fingerprint density at radius 3 is 2.63 bits per heavy atom. The number of rotatable bonds is 1. The molecule has 0 saturated carbocycles. The highest BCUT2D eigenvalue weighted by Gasteiger charge is 2.29. The molecule has 1 N–H and O–H groups in total. The maximum Gasteiger partial charge on any atom is 0.410 e. The number of likely N-dealkylation sites (tertiary alicyclic amines) is 1. The molecule has 0 bridgehead atoms. The fourth-order valence-corrected chi connectivity index (χ4v) is 5.30. The topological polar surface area (TPSA) is 75.3 Å². The number of aromatic amines is 1. The number of aromatic nitrogens is 2. The van der Waals surface area contributed by atoms with Crippen LogP contribution in [0.5, 0.6) is 0 Å². The number of nitrogens with zero attached hydrogens (tertiary/aromatic N) is 2. The van der Waals surface area contributed by atoms with Gasteiger partial charge in [0.1, 0.15) is 16.3 Å². The number of hydrogen-bond acceptors (Lipinski definition) is 5. The molecule has 146 valence electrons. The molecule has 6 nitrogen and oxygen atoms in total. The van der Waals surface area contributed by atoms with Crippen LogP contribution < -0.4 is 5.56 Å². The van der Waals surface area contributed by atoms with Gasteiger partial charge < -0.3 is 14.6 Å². The minimum Gasteiger partial charge on any atom is -0.444 e. The van der Waals surface area contributed by atoms with Crippen molar-refractivity contribution in [3.05, 3.63) is 26.6 Å². The Morgan fingerprint density at radius 1 is 1.22 bits per heavy atom. The first-order valence-electron chi connectivity index (χ1n) is 9.84. The van der Waals surface area contributed by atoms with Crippen molar-refractivity contribution in [3.63, 3.8) is 0 Å². The number of H-pyrrole nitrogens is 1. The van der Waals surface area contributed by atoms with E-state index in [-0.39, 0.29) is 17.6 Å². The molecule has 27 heavy (non-hydrogen) atoms. The van der Waals surface area contributed by atoms with Gasteiger partial charge in [0.25, 0.3) is 5.56 Å². The average Bonchev–Trinajstić information content (AvgIpc) is 2.99. The summed E-state index contributed by atoms with van der Waals surface area (Å²) in [5, 5.41) is 0.810. The first-order chi connectivity index (χ1) is 12.8. The highest BCUT2D eigenvalue weighted by molar-refractivity contribution is 7.18. The Hall–Kier alpha value is -1.89. The van der Waals surface area contributed by atoms with Gasteiger partial charge in [-0.05, 0) is 64.9 Å². The van der Waals surface area contributed by atoms with E-state index < -0.39 is 5.60 Å². The van der Waals surface area contributed by atoms with Crippen LogP contribution in [0.2, 0.25) is 0 Å². The van der Waals surface area contributed by atoms with Crippen LogP contribution in [-0.2, 0) is 17.6 Å². The molecule has 1 amide bonds. The summed E-state index contributed by atoms with van der Waals surface area (Å²) in [5.41, 5.74) is 0.745. The standard InChI is InChI=1S/C20H27N3O3S/c1-20(2,3)26-19(25)23-10-8-12(9-11-23)16-21-17(24)15-13-6-4-5-7-14(13)27-18(15)22-16/h12H,4-11H2,1-3H3,(H,21,22,24). The number of thiophene rings is 1. The summed E-state index contributed by atoms with van der Waals surface area (Å²) in [6.45, 7) is 6.89. The van der Waals surface area contributed by atoms with E-state index in [0.717, 1.165) is 48.1 Å². The Morgan fingerprint density at radius 2 is 1.93 bits per heavy atom. The second-order valence-electron chi connectivity index (χ2n) is 8.58. The number of fused-ring (bicyclic) bond motifs is 3. The molecule has 4 rings (SSSR count). The van der Waals surface area contributed by atoms with Crippen molar-refractivity contribution in [3.8, 4) is 0 Å². The summed E-state index contributed by atoms with van der Waals surface area (Å²) >= 11 is 1.69. The van der Waals surface area contributed by atoms with Crippen LogP contribution in [0.4, 0.5) is 4.79 Å². The van der Waals surface area contributed by atoms with Crippen LogP contribution in [0.25, 0.3) is 10.2 Å². The number of aryl methyl sites for hydroxylation is 2. The lowest BCUT2D eigenvalue weighted by Gasteiger charge is -2.33. The van der Waals surface area contributed by atoms with E-state index in [4.69, 9.17) is 9.72 Å².